The van der Waals surface area contributed by atoms with E-state index in [2.05, 4.69) is 192 Å². The summed E-state index contributed by atoms with van der Waals surface area (Å²) in [5.41, 5.74) is 21.7. The summed E-state index contributed by atoms with van der Waals surface area (Å²) in [5.74, 6) is 3.77. The molecule has 7 heterocycles. The first-order chi connectivity index (χ1) is 50.5. The molecule has 0 N–H and O–H groups in total. The van der Waals surface area contributed by atoms with Crippen molar-refractivity contribution >= 4 is 88.1 Å². The fraction of sp³-hybridized carbons (Fsp3) is 0. The quantitative estimate of drug-likeness (QED) is 0.127. The Morgan fingerprint density at radius 3 is 0.902 bits per heavy atom. The summed E-state index contributed by atoms with van der Waals surface area (Å²) < 4.78 is 12.3. The molecule has 0 radical (unpaired) electrons. The van der Waals surface area contributed by atoms with Crippen LogP contribution in [-0.2, 0) is 0 Å². The number of hydrogen-bond acceptors (Lipinski definition) is 13. The molecule has 0 saturated heterocycles. The Bertz CT molecular complexity index is 6180. The van der Waals surface area contributed by atoms with Crippen molar-refractivity contribution in [2.45, 2.75) is 0 Å². The minimum atomic E-state index is 0.513. The van der Waals surface area contributed by atoms with Crippen LogP contribution in [0.5, 0.6) is 0 Å². The van der Waals surface area contributed by atoms with Gasteiger partial charge in [-0.05, 0) is 115 Å². The summed E-state index contributed by atoms with van der Waals surface area (Å²) in [6, 6.07) is 107. The van der Waals surface area contributed by atoms with Crippen LogP contribution >= 0.6 is 0 Å². The Balaban J connectivity index is 0.000000141. The SMILES string of the molecule is c1ccc(-c2ccc(-c3nc(-c4ccccc4)nc(-c4ccc(-c5ccc6c(ccc7oc8nc9ccccc9nc8c76)c5)cc4)n3)cc2)cc1.c1ccc(-c2ccc(-c3nc(-c4ccccc4)nc(-c4ccc(-c5ccc6c(ccc7oc8nc9cccnc9nc8c76)c5)cc4)n3)cc2)cc1. The summed E-state index contributed by atoms with van der Waals surface area (Å²) in [6.07, 6.45) is 1.73. The summed E-state index contributed by atoms with van der Waals surface area (Å²) in [7, 11) is 0. The van der Waals surface area contributed by atoms with E-state index in [-0.39, 0.29) is 0 Å². The van der Waals surface area contributed by atoms with Gasteiger partial charge in [0.05, 0.1) is 21.8 Å². The van der Waals surface area contributed by atoms with Crippen LogP contribution in [0.3, 0.4) is 0 Å². The predicted molar refractivity (Wildman–Crippen MR) is 408 cm³/mol. The Hall–Kier alpha value is -14.2. The highest BCUT2D eigenvalue weighted by Gasteiger charge is 2.20. The molecule has 13 aromatic carbocycles. The largest absolute Gasteiger partial charge is 0.436 e. The van der Waals surface area contributed by atoms with Gasteiger partial charge in [-0.2, -0.15) is 0 Å². The highest BCUT2D eigenvalue weighted by Crippen LogP contribution is 2.39. The van der Waals surface area contributed by atoms with Crippen molar-refractivity contribution < 1.29 is 8.83 Å². The van der Waals surface area contributed by atoms with Crippen molar-refractivity contribution in [1.82, 2.24) is 54.8 Å². The smallest absolute Gasteiger partial charge is 0.247 e. The number of para-hydroxylation sites is 2. The van der Waals surface area contributed by atoms with Gasteiger partial charge in [-0.1, -0.05) is 267 Å². The second kappa shape index (κ2) is 25.0. The second-order valence-electron chi connectivity index (χ2n) is 24.9. The van der Waals surface area contributed by atoms with Gasteiger partial charge in [0.25, 0.3) is 0 Å². The van der Waals surface area contributed by atoms with Gasteiger partial charge in [-0.3, -0.25) is 0 Å². The number of benzene rings is 13. The molecule has 0 bridgehead atoms. The standard InChI is InChI=1S/C45H27N5O.C44H26N6O/c1-3-9-28(10-4-1)29-15-19-32(20-16-29)43-48-42(31-11-5-2-6-12-31)49-44(50-43)33-21-17-30(18-22-33)34-23-25-36-35(27-34)24-26-39-40(36)41-45(51-39)47-38-14-8-7-13-37(38)46-41;1-3-8-27(9-4-1)28-13-17-31(18-14-28)41-48-40(30-10-5-2-6-11-30)49-42(50-41)32-19-15-29(16-20-32)33-21-23-35-34(26-33)22-24-37-38(35)39-44(51-37)46-36-12-7-25-45-43(36)47-39/h1-27H;1-26H. The molecule has 0 aliphatic rings. The van der Waals surface area contributed by atoms with E-state index in [0.29, 0.717) is 57.5 Å². The van der Waals surface area contributed by atoms with Gasteiger partial charge in [-0.15, -0.1) is 0 Å². The number of nitrogens with zero attached hydrogens (tertiary/aromatic N) is 11. The zero-order valence-corrected chi connectivity index (χ0v) is 54.3. The van der Waals surface area contributed by atoms with Gasteiger partial charge in [0.1, 0.15) is 27.7 Å². The average Bonchev–Trinajstić information content (AvgIpc) is 1.58. The number of rotatable bonds is 10. The molecule has 20 rings (SSSR count). The number of furan rings is 2. The van der Waals surface area contributed by atoms with Gasteiger partial charge in [0.15, 0.2) is 40.6 Å². The first kappa shape index (κ1) is 59.1. The van der Waals surface area contributed by atoms with Gasteiger partial charge in [0.2, 0.25) is 11.4 Å². The van der Waals surface area contributed by atoms with Gasteiger partial charge >= 0.3 is 0 Å². The molecule has 0 aliphatic carbocycles. The Labute approximate surface area is 583 Å². The first-order valence-corrected chi connectivity index (χ1v) is 33.5. The van der Waals surface area contributed by atoms with Gasteiger partial charge in [-0.25, -0.2) is 54.8 Å². The predicted octanol–water partition coefficient (Wildman–Crippen LogP) is 21.8. The van der Waals surface area contributed by atoms with Gasteiger partial charge < -0.3 is 8.83 Å². The zero-order chi connectivity index (χ0) is 67.5. The Morgan fingerprint density at radius 2 is 0.500 bits per heavy atom. The van der Waals surface area contributed by atoms with Crippen LogP contribution in [0.15, 0.2) is 330 Å². The van der Waals surface area contributed by atoms with E-state index < -0.39 is 0 Å². The normalized spacial score (nSPS) is 11.5. The van der Waals surface area contributed by atoms with E-state index >= 15 is 0 Å². The Morgan fingerprint density at radius 1 is 0.206 bits per heavy atom. The van der Waals surface area contributed by atoms with Crippen molar-refractivity contribution in [3.05, 3.63) is 322 Å². The molecular formula is C89H53N11O2. The molecular weight excluding hydrogens is 1260 g/mol. The Kier molecular flexibility index (Phi) is 14.5. The topological polar surface area (TPSA) is 168 Å². The van der Waals surface area contributed by atoms with Crippen LogP contribution in [0.1, 0.15) is 0 Å². The molecule has 0 aliphatic heterocycles. The third kappa shape index (κ3) is 11.1. The van der Waals surface area contributed by atoms with Crippen molar-refractivity contribution in [2.24, 2.45) is 0 Å². The number of fused-ring (bicyclic) bond motifs is 12. The summed E-state index contributed by atoms with van der Waals surface area (Å²) >= 11 is 0. The van der Waals surface area contributed by atoms with Crippen LogP contribution < -0.4 is 0 Å². The molecule has 13 nitrogen and oxygen atoms in total. The molecule has 0 spiro atoms. The van der Waals surface area contributed by atoms with Crippen LogP contribution in [0.25, 0.3) is 201 Å². The van der Waals surface area contributed by atoms with Crippen LogP contribution in [0.4, 0.5) is 0 Å². The number of pyridine rings is 1. The van der Waals surface area contributed by atoms with Crippen LogP contribution in [-0.4, -0.2) is 54.8 Å². The molecule has 0 amide bonds. The van der Waals surface area contributed by atoms with E-state index in [4.69, 9.17) is 53.7 Å². The highest BCUT2D eigenvalue weighted by molar-refractivity contribution is 6.19. The summed E-state index contributed by atoms with van der Waals surface area (Å²) in [5, 5.41) is 6.26. The van der Waals surface area contributed by atoms with Crippen LogP contribution in [0, 0.1) is 0 Å². The monoisotopic (exact) mass is 1310 g/mol. The molecule has 7 aromatic heterocycles. The van der Waals surface area contributed by atoms with E-state index in [1.807, 2.05) is 133 Å². The maximum atomic E-state index is 6.15. The van der Waals surface area contributed by atoms with Gasteiger partial charge in [0, 0.05) is 39.6 Å². The highest BCUT2D eigenvalue weighted by atomic mass is 16.3. The average molecular weight is 1310 g/mol. The second-order valence-corrected chi connectivity index (χ2v) is 24.9. The van der Waals surface area contributed by atoms with Crippen molar-refractivity contribution in [1.29, 1.82) is 0 Å². The lowest BCUT2D eigenvalue weighted by molar-refractivity contribution is 0.655. The summed E-state index contributed by atoms with van der Waals surface area (Å²) in [4.78, 5) is 53.2. The van der Waals surface area contributed by atoms with Crippen LogP contribution in [0.2, 0.25) is 0 Å². The molecule has 0 saturated carbocycles. The first-order valence-electron chi connectivity index (χ1n) is 33.5. The lowest BCUT2D eigenvalue weighted by Gasteiger charge is -2.10. The van der Waals surface area contributed by atoms with E-state index in [0.717, 1.165) is 132 Å². The summed E-state index contributed by atoms with van der Waals surface area (Å²) in [6.45, 7) is 0. The molecule has 0 fully saturated rings. The number of hydrogen-bond donors (Lipinski definition) is 0. The fourth-order valence-corrected chi connectivity index (χ4v) is 13.4. The molecule has 0 atom stereocenters. The van der Waals surface area contributed by atoms with Crippen molar-refractivity contribution in [3.63, 3.8) is 0 Å². The lowest BCUT2D eigenvalue weighted by atomic mass is 9.98. The molecule has 476 valence electrons. The van der Waals surface area contributed by atoms with E-state index in [1.165, 1.54) is 11.1 Å². The van der Waals surface area contributed by atoms with Crippen molar-refractivity contribution in [3.8, 4) is 113 Å². The zero-order valence-electron chi connectivity index (χ0n) is 54.3. The molecule has 102 heavy (non-hydrogen) atoms. The molecule has 0 unspecified atom stereocenters. The van der Waals surface area contributed by atoms with Crippen molar-refractivity contribution in [2.75, 3.05) is 0 Å². The molecule has 20 aromatic rings. The third-order valence-corrected chi connectivity index (χ3v) is 18.6. The maximum absolute atomic E-state index is 6.15. The minimum absolute atomic E-state index is 0.513. The van der Waals surface area contributed by atoms with E-state index in [9.17, 15) is 0 Å². The minimum Gasteiger partial charge on any atom is -0.436 e. The van der Waals surface area contributed by atoms with E-state index in [1.54, 1.807) is 6.20 Å². The number of aromatic nitrogens is 11. The maximum Gasteiger partial charge on any atom is 0.247 e. The molecule has 13 heteroatoms. The third-order valence-electron chi connectivity index (χ3n) is 18.6. The fourth-order valence-electron chi connectivity index (χ4n) is 13.4. The lowest BCUT2D eigenvalue weighted by Crippen LogP contribution is -2.00.